The van der Waals surface area contributed by atoms with Crippen LogP contribution in [0.1, 0.15) is 40.6 Å². The van der Waals surface area contributed by atoms with Gasteiger partial charge in [0.1, 0.15) is 23.2 Å². The Kier molecular flexibility index (Phi) is 7.18. The standard InChI is InChI=1S/C23H21F4NO3S/c1-3-19-20(12-31-16-7-4-13(2)14(10-16)6-9-21(29)30)32-22(28-19)15-5-8-17(18(24)11-15)23(25,26)27/h4-5,7-8,10-11H,3,6,9,12H2,1-2H3,(H,29,30). The number of benzene rings is 2. The fourth-order valence-electron chi connectivity index (χ4n) is 3.17. The highest BCUT2D eigenvalue weighted by molar-refractivity contribution is 7.15. The number of carbonyl (C=O) groups is 1. The Morgan fingerprint density at radius 2 is 1.94 bits per heavy atom. The lowest BCUT2D eigenvalue weighted by atomic mass is 10.0. The van der Waals surface area contributed by atoms with E-state index in [1.165, 1.54) is 17.4 Å². The molecule has 0 saturated carbocycles. The molecule has 0 bridgehead atoms. The van der Waals surface area contributed by atoms with Crippen LogP contribution < -0.4 is 4.74 Å². The van der Waals surface area contributed by atoms with Gasteiger partial charge in [-0.3, -0.25) is 4.79 Å². The zero-order valence-electron chi connectivity index (χ0n) is 17.4. The molecule has 0 aliphatic heterocycles. The Morgan fingerprint density at radius 1 is 1.19 bits per heavy atom. The quantitative estimate of drug-likeness (QED) is 0.388. The Morgan fingerprint density at radius 3 is 2.56 bits per heavy atom. The molecule has 1 aromatic heterocycles. The van der Waals surface area contributed by atoms with Gasteiger partial charge in [0.2, 0.25) is 0 Å². The predicted molar refractivity (Wildman–Crippen MR) is 113 cm³/mol. The number of hydrogen-bond acceptors (Lipinski definition) is 4. The molecule has 0 unspecified atom stereocenters. The topological polar surface area (TPSA) is 59.4 Å². The minimum atomic E-state index is -4.75. The minimum absolute atomic E-state index is 0.0200. The largest absolute Gasteiger partial charge is 0.488 e. The molecule has 0 aliphatic carbocycles. The lowest BCUT2D eigenvalue weighted by Crippen LogP contribution is -2.07. The van der Waals surface area contributed by atoms with Crippen LogP contribution in [-0.2, 0) is 30.4 Å². The number of rotatable bonds is 8. The number of ether oxygens (including phenoxy) is 1. The van der Waals surface area contributed by atoms with Crippen molar-refractivity contribution in [2.45, 2.75) is 45.9 Å². The number of aromatic nitrogens is 1. The molecule has 0 amide bonds. The van der Waals surface area contributed by atoms with E-state index < -0.39 is 23.5 Å². The molecule has 0 spiro atoms. The summed E-state index contributed by atoms with van der Waals surface area (Å²) >= 11 is 1.24. The summed E-state index contributed by atoms with van der Waals surface area (Å²) in [5, 5.41) is 9.31. The molecule has 3 rings (SSSR count). The Balaban J connectivity index is 1.79. The number of carboxylic acid groups (broad SMARTS) is 1. The second kappa shape index (κ2) is 9.68. The molecular weight excluding hydrogens is 446 g/mol. The normalized spacial score (nSPS) is 11.6. The van der Waals surface area contributed by atoms with Crippen molar-refractivity contribution < 1.29 is 32.2 Å². The molecule has 9 heteroatoms. The van der Waals surface area contributed by atoms with Crippen LogP contribution in [-0.4, -0.2) is 16.1 Å². The zero-order chi connectivity index (χ0) is 23.5. The van der Waals surface area contributed by atoms with E-state index in [1.54, 1.807) is 12.1 Å². The predicted octanol–water partition coefficient (Wildman–Crippen LogP) is 6.44. The Hall–Kier alpha value is -2.94. The second-order valence-corrected chi connectivity index (χ2v) is 8.29. The van der Waals surface area contributed by atoms with E-state index >= 15 is 0 Å². The average Bonchev–Trinajstić information content (AvgIpc) is 3.14. The molecular formula is C23H21F4NO3S. The monoisotopic (exact) mass is 467 g/mol. The summed E-state index contributed by atoms with van der Waals surface area (Å²) in [7, 11) is 0. The van der Waals surface area contributed by atoms with Crippen LogP contribution in [0, 0.1) is 12.7 Å². The smallest absolute Gasteiger partial charge is 0.419 e. The molecule has 0 radical (unpaired) electrons. The van der Waals surface area contributed by atoms with Crippen LogP contribution in [0.5, 0.6) is 5.75 Å². The van der Waals surface area contributed by atoms with E-state index in [1.807, 2.05) is 19.9 Å². The number of aliphatic carboxylic acids is 1. The number of alkyl halides is 3. The highest BCUT2D eigenvalue weighted by atomic mass is 32.1. The van der Waals surface area contributed by atoms with Crippen molar-refractivity contribution in [3.05, 3.63) is 69.5 Å². The van der Waals surface area contributed by atoms with Gasteiger partial charge in [-0.25, -0.2) is 9.37 Å². The van der Waals surface area contributed by atoms with Crippen molar-refractivity contribution in [1.29, 1.82) is 0 Å². The third-order valence-corrected chi connectivity index (χ3v) is 6.05. The van der Waals surface area contributed by atoms with Crippen molar-refractivity contribution in [1.82, 2.24) is 4.98 Å². The van der Waals surface area contributed by atoms with Gasteiger partial charge in [0.25, 0.3) is 0 Å². The molecule has 0 saturated heterocycles. The summed E-state index contributed by atoms with van der Waals surface area (Å²) in [4.78, 5) is 16.1. The highest BCUT2D eigenvalue weighted by Crippen LogP contribution is 2.35. The van der Waals surface area contributed by atoms with Crippen molar-refractivity contribution in [3.8, 4) is 16.3 Å². The summed E-state index contributed by atoms with van der Waals surface area (Å²) in [6, 6.07) is 8.23. The number of hydrogen-bond donors (Lipinski definition) is 1. The summed E-state index contributed by atoms with van der Waals surface area (Å²) in [6.07, 6.45) is -3.76. The Labute approximate surface area is 186 Å². The molecule has 0 aliphatic rings. The average molecular weight is 467 g/mol. The third kappa shape index (κ3) is 5.64. The van der Waals surface area contributed by atoms with Crippen molar-refractivity contribution in [2.75, 3.05) is 0 Å². The zero-order valence-corrected chi connectivity index (χ0v) is 18.2. The molecule has 32 heavy (non-hydrogen) atoms. The lowest BCUT2D eigenvalue weighted by Gasteiger charge is -2.10. The van der Waals surface area contributed by atoms with Crippen molar-refractivity contribution in [3.63, 3.8) is 0 Å². The lowest BCUT2D eigenvalue weighted by molar-refractivity contribution is -0.140. The molecule has 0 atom stereocenters. The molecule has 170 valence electrons. The van der Waals surface area contributed by atoms with Gasteiger partial charge in [0, 0.05) is 12.0 Å². The second-order valence-electron chi connectivity index (χ2n) is 7.21. The van der Waals surface area contributed by atoms with E-state index in [0.29, 0.717) is 23.6 Å². The van der Waals surface area contributed by atoms with Gasteiger partial charge in [-0.2, -0.15) is 13.2 Å². The van der Waals surface area contributed by atoms with Crippen LogP contribution in [0.4, 0.5) is 17.6 Å². The maximum Gasteiger partial charge on any atom is 0.419 e. The van der Waals surface area contributed by atoms with Crippen LogP contribution in [0.15, 0.2) is 36.4 Å². The number of nitrogens with zero attached hydrogens (tertiary/aromatic N) is 1. The fraction of sp³-hybridized carbons (Fsp3) is 0.304. The first-order valence-corrected chi connectivity index (χ1v) is 10.7. The first kappa shape index (κ1) is 23.7. The Bertz CT molecular complexity index is 1120. The van der Waals surface area contributed by atoms with Crippen LogP contribution >= 0.6 is 11.3 Å². The van der Waals surface area contributed by atoms with Gasteiger partial charge in [0.05, 0.1) is 16.1 Å². The first-order valence-electron chi connectivity index (χ1n) is 9.88. The van der Waals surface area contributed by atoms with E-state index in [-0.39, 0.29) is 18.6 Å². The van der Waals surface area contributed by atoms with Crippen LogP contribution in [0.3, 0.4) is 0 Å². The van der Waals surface area contributed by atoms with Crippen molar-refractivity contribution in [2.24, 2.45) is 0 Å². The fourth-order valence-corrected chi connectivity index (χ4v) is 4.23. The van der Waals surface area contributed by atoms with Gasteiger partial charge >= 0.3 is 12.1 Å². The summed E-state index contributed by atoms with van der Waals surface area (Å²) in [5.74, 6) is -1.64. The molecule has 2 aromatic carbocycles. The van der Waals surface area contributed by atoms with Gasteiger partial charge in [-0.1, -0.05) is 19.1 Å². The summed E-state index contributed by atoms with van der Waals surface area (Å²) in [6.45, 7) is 3.98. The minimum Gasteiger partial charge on any atom is -0.488 e. The van der Waals surface area contributed by atoms with Gasteiger partial charge in [-0.15, -0.1) is 11.3 Å². The van der Waals surface area contributed by atoms with Crippen LogP contribution in [0.2, 0.25) is 0 Å². The first-order chi connectivity index (χ1) is 15.1. The van der Waals surface area contributed by atoms with Gasteiger partial charge < -0.3 is 9.84 Å². The highest BCUT2D eigenvalue weighted by Gasteiger charge is 2.34. The van der Waals surface area contributed by atoms with E-state index in [9.17, 15) is 22.4 Å². The number of carboxylic acids is 1. The molecule has 3 aromatic rings. The van der Waals surface area contributed by atoms with Crippen molar-refractivity contribution >= 4 is 17.3 Å². The number of thiazole rings is 1. The molecule has 1 heterocycles. The summed E-state index contributed by atoms with van der Waals surface area (Å²) < 4.78 is 58.3. The van der Waals surface area contributed by atoms with E-state index in [2.05, 4.69) is 4.98 Å². The molecule has 0 fully saturated rings. The number of aryl methyl sites for hydroxylation is 3. The summed E-state index contributed by atoms with van der Waals surface area (Å²) in [5.41, 5.74) is 1.54. The van der Waals surface area contributed by atoms with E-state index in [0.717, 1.165) is 33.8 Å². The SMILES string of the molecule is CCc1nc(-c2ccc(C(F)(F)F)c(F)c2)sc1COc1ccc(C)c(CCC(=O)O)c1. The molecule has 1 N–H and O–H groups in total. The third-order valence-electron chi connectivity index (χ3n) is 4.93. The maximum atomic E-state index is 14.0. The van der Waals surface area contributed by atoms with E-state index in [4.69, 9.17) is 9.84 Å². The maximum absolute atomic E-state index is 14.0. The molecule has 4 nitrogen and oxygen atoms in total. The van der Waals surface area contributed by atoms with Crippen LogP contribution in [0.25, 0.3) is 10.6 Å². The number of halogens is 4. The van der Waals surface area contributed by atoms with Gasteiger partial charge in [0.15, 0.2) is 0 Å². The van der Waals surface area contributed by atoms with Gasteiger partial charge in [-0.05, 0) is 55.2 Å².